The van der Waals surface area contributed by atoms with Gasteiger partial charge in [0.05, 0.1) is 18.4 Å². The van der Waals surface area contributed by atoms with Gasteiger partial charge in [-0.2, -0.15) is 4.68 Å². The Labute approximate surface area is 172 Å². The van der Waals surface area contributed by atoms with Crippen molar-refractivity contribution in [3.05, 3.63) is 65.4 Å². The third kappa shape index (κ3) is 3.56. The molecule has 0 saturated heterocycles. The van der Waals surface area contributed by atoms with E-state index >= 15 is 0 Å². The first-order valence-electron chi connectivity index (χ1n) is 8.96. The number of nitrogens with one attached hydrogen (secondary N) is 2. The molecule has 1 aromatic heterocycles. The molecule has 2 heterocycles. The van der Waals surface area contributed by atoms with Crippen molar-refractivity contribution >= 4 is 29.3 Å². The number of benzene rings is 2. The highest BCUT2D eigenvalue weighted by molar-refractivity contribution is 7.98. The quantitative estimate of drug-likeness (QED) is 0.626. The van der Waals surface area contributed by atoms with Crippen molar-refractivity contribution in [1.82, 2.24) is 20.2 Å². The van der Waals surface area contributed by atoms with Crippen LogP contribution >= 0.6 is 11.8 Å². The van der Waals surface area contributed by atoms with E-state index in [1.54, 1.807) is 35.7 Å². The minimum atomic E-state index is -0.452. The second kappa shape index (κ2) is 7.96. The first kappa shape index (κ1) is 19.0. The highest BCUT2D eigenvalue weighted by atomic mass is 32.2. The Hall–Kier alpha value is -3.33. The zero-order valence-corrected chi connectivity index (χ0v) is 17.0. The third-order valence-electron chi connectivity index (χ3n) is 4.75. The van der Waals surface area contributed by atoms with Crippen LogP contribution in [0, 0.1) is 0 Å². The van der Waals surface area contributed by atoms with E-state index in [2.05, 4.69) is 26.2 Å². The average Bonchev–Trinajstić information content (AvgIpc) is 3.21. The van der Waals surface area contributed by atoms with Crippen LogP contribution in [0.4, 0.5) is 11.6 Å². The number of hydrogen-bond acceptors (Lipinski definition) is 7. The molecule has 148 valence electrons. The molecule has 0 radical (unpaired) electrons. The van der Waals surface area contributed by atoms with Crippen LogP contribution < -0.4 is 15.4 Å². The Bertz CT molecular complexity index is 1080. The number of fused-ring (bicyclic) bond motifs is 1. The maximum absolute atomic E-state index is 13.3. The SMILES string of the molecule is COc1ccccc1NC(=O)C1=C(C)Nc2nnnn2[C@@H]1c1ccc(SC)cc1. The molecule has 1 aliphatic heterocycles. The van der Waals surface area contributed by atoms with Crippen LogP contribution in [0.2, 0.25) is 0 Å². The number of nitrogens with zero attached hydrogens (tertiary/aromatic N) is 4. The molecule has 8 nitrogen and oxygen atoms in total. The van der Waals surface area contributed by atoms with Crippen LogP contribution in [-0.4, -0.2) is 39.5 Å². The summed E-state index contributed by atoms with van der Waals surface area (Å²) < 4.78 is 6.98. The van der Waals surface area contributed by atoms with Crippen LogP contribution in [0.5, 0.6) is 5.75 Å². The van der Waals surface area contributed by atoms with Gasteiger partial charge in [0.25, 0.3) is 5.91 Å². The molecule has 1 atom stereocenters. The van der Waals surface area contributed by atoms with E-state index in [0.29, 0.717) is 28.7 Å². The first-order valence-corrected chi connectivity index (χ1v) is 10.2. The van der Waals surface area contributed by atoms with Crippen molar-refractivity contribution in [2.24, 2.45) is 0 Å². The molecule has 0 fully saturated rings. The lowest BCUT2D eigenvalue weighted by Crippen LogP contribution is -2.31. The molecule has 9 heteroatoms. The second-order valence-electron chi connectivity index (χ2n) is 6.44. The number of methoxy groups -OCH3 is 1. The highest BCUT2D eigenvalue weighted by Crippen LogP contribution is 2.36. The molecular formula is C20H20N6O2S. The zero-order chi connectivity index (χ0) is 20.4. The fourth-order valence-corrected chi connectivity index (χ4v) is 3.75. The molecular weight excluding hydrogens is 388 g/mol. The van der Waals surface area contributed by atoms with Gasteiger partial charge in [-0.15, -0.1) is 11.8 Å². The van der Waals surface area contributed by atoms with Crippen molar-refractivity contribution in [2.45, 2.75) is 17.9 Å². The number of hydrogen-bond donors (Lipinski definition) is 2. The fourth-order valence-electron chi connectivity index (χ4n) is 3.34. The number of tetrazole rings is 1. The molecule has 0 bridgehead atoms. The monoisotopic (exact) mass is 408 g/mol. The summed E-state index contributed by atoms with van der Waals surface area (Å²) in [5, 5.41) is 18.0. The van der Waals surface area contributed by atoms with Crippen LogP contribution in [-0.2, 0) is 4.79 Å². The van der Waals surface area contributed by atoms with Crippen molar-refractivity contribution < 1.29 is 9.53 Å². The molecule has 1 amide bonds. The van der Waals surface area contributed by atoms with E-state index in [1.807, 2.05) is 49.6 Å². The van der Waals surface area contributed by atoms with Gasteiger partial charge in [0, 0.05) is 10.6 Å². The van der Waals surface area contributed by atoms with Gasteiger partial charge in [-0.1, -0.05) is 29.4 Å². The van der Waals surface area contributed by atoms with Crippen molar-refractivity contribution in [2.75, 3.05) is 24.0 Å². The lowest BCUT2D eigenvalue weighted by molar-refractivity contribution is -0.113. The second-order valence-corrected chi connectivity index (χ2v) is 7.32. The van der Waals surface area contributed by atoms with Crippen LogP contribution in [0.25, 0.3) is 0 Å². The molecule has 0 spiro atoms. The number of anilines is 2. The molecule has 2 aromatic carbocycles. The number of thioether (sulfide) groups is 1. The predicted molar refractivity (Wildman–Crippen MR) is 112 cm³/mol. The number of allylic oxidation sites excluding steroid dienone is 1. The Kier molecular flexibility index (Phi) is 5.22. The van der Waals surface area contributed by atoms with Gasteiger partial charge in [0.1, 0.15) is 11.8 Å². The van der Waals surface area contributed by atoms with Crippen LogP contribution in [0.1, 0.15) is 18.5 Å². The van der Waals surface area contributed by atoms with Gasteiger partial charge in [-0.05, 0) is 53.4 Å². The number of carbonyl (C=O) groups excluding carboxylic acids is 1. The number of amides is 1. The van der Waals surface area contributed by atoms with Gasteiger partial charge in [-0.25, -0.2) is 0 Å². The average molecular weight is 408 g/mol. The smallest absolute Gasteiger partial charge is 0.255 e. The van der Waals surface area contributed by atoms with E-state index in [0.717, 1.165) is 10.5 Å². The van der Waals surface area contributed by atoms with E-state index in [4.69, 9.17) is 4.74 Å². The summed E-state index contributed by atoms with van der Waals surface area (Å²) in [5.74, 6) is 0.835. The Balaban J connectivity index is 1.75. The van der Waals surface area contributed by atoms with Crippen molar-refractivity contribution in [1.29, 1.82) is 0 Å². The largest absolute Gasteiger partial charge is 0.495 e. The molecule has 1 aliphatic rings. The summed E-state index contributed by atoms with van der Waals surface area (Å²) in [6.07, 6.45) is 2.02. The van der Waals surface area contributed by atoms with Gasteiger partial charge >= 0.3 is 0 Å². The molecule has 0 saturated carbocycles. The number of aromatic nitrogens is 4. The van der Waals surface area contributed by atoms with Crippen LogP contribution in [0.15, 0.2) is 64.7 Å². The summed E-state index contributed by atoms with van der Waals surface area (Å²) in [4.78, 5) is 14.5. The van der Waals surface area contributed by atoms with Gasteiger partial charge in [-0.3, -0.25) is 4.79 Å². The lowest BCUT2D eigenvalue weighted by Gasteiger charge is -2.28. The predicted octanol–water partition coefficient (Wildman–Crippen LogP) is 3.33. The molecule has 4 rings (SSSR count). The summed E-state index contributed by atoms with van der Waals surface area (Å²) >= 11 is 1.66. The molecule has 2 N–H and O–H groups in total. The summed E-state index contributed by atoms with van der Waals surface area (Å²) in [7, 11) is 1.57. The number of ether oxygens (including phenoxy) is 1. The summed E-state index contributed by atoms with van der Waals surface area (Å²) in [6.45, 7) is 1.85. The summed E-state index contributed by atoms with van der Waals surface area (Å²) in [6, 6.07) is 14.9. The molecule has 0 aliphatic carbocycles. The number of rotatable bonds is 5. The maximum atomic E-state index is 13.3. The normalized spacial score (nSPS) is 15.5. The first-order chi connectivity index (χ1) is 14.1. The highest BCUT2D eigenvalue weighted by Gasteiger charge is 2.34. The van der Waals surface area contributed by atoms with E-state index in [9.17, 15) is 4.79 Å². The number of para-hydroxylation sites is 2. The maximum Gasteiger partial charge on any atom is 0.255 e. The topological polar surface area (TPSA) is 94.0 Å². The van der Waals surface area contributed by atoms with E-state index in [-0.39, 0.29) is 5.91 Å². The fraction of sp³-hybridized carbons (Fsp3) is 0.200. The minimum absolute atomic E-state index is 0.250. The number of carbonyl (C=O) groups is 1. The lowest BCUT2D eigenvalue weighted by atomic mass is 9.95. The third-order valence-corrected chi connectivity index (χ3v) is 5.49. The molecule has 29 heavy (non-hydrogen) atoms. The Morgan fingerprint density at radius 3 is 2.69 bits per heavy atom. The minimum Gasteiger partial charge on any atom is -0.495 e. The standard InChI is InChI=1S/C20H20N6O2S/c1-12-17(19(27)22-15-6-4-5-7-16(15)28-2)18(26-20(21-12)23-24-25-26)13-8-10-14(29-3)11-9-13/h4-11,18H,1-3H3,(H,22,27)(H,21,23,25)/t18-/m1/s1. The van der Waals surface area contributed by atoms with Gasteiger partial charge in [0.2, 0.25) is 5.95 Å². The van der Waals surface area contributed by atoms with E-state index in [1.165, 1.54) is 0 Å². The van der Waals surface area contributed by atoms with Crippen molar-refractivity contribution in [3.8, 4) is 5.75 Å². The summed E-state index contributed by atoms with van der Waals surface area (Å²) in [5.41, 5.74) is 2.74. The molecule has 3 aromatic rings. The van der Waals surface area contributed by atoms with Crippen molar-refractivity contribution in [3.63, 3.8) is 0 Å². The van der Waals surface area contributed by atoms with Gasteiger partial charge in [0.15, 0.2) is 0 Å². The molecule has 0 unspecified atom stereocenters. The Morgan fingerprint density at radius 1 is 1.21 bits per heavy atom. The zero-order valence-electron chi connectivity index (χ0n) is 16.2. The Morgan fingerprint density at radius 2 is 1.97 bits per heavy atom. The van der Waals surface area contributed by atoms with E-state index < -0.39 is 6.04 Å². The van der Waals surface area contributed by atoms with Crippen LogP contribution in [0.3, 0.4) is 0 Å². The van der Waals surface area contributed by atoms with Gasteiger partial charge < -0.3 is 15.4 Å².